The zero-order valence-corrected chi connectivity index (χ0v) is 10.8. The number of hydrogen-bond donors (Lipinski definition) is 2. The van der Waals surface area contributed by atoms with Gasteiger partial charge in [0.25, 0.3) is 0 Å². The first-order chi connectivity index (χ1) is 8.11. The highest BCUT2D eigenvalue weighted by atomic mass is 16.1. The standard InChI is InChI=1S/C13H21N3O/c1-4-7-14-12-6-5-11(9-15-12)16-13(17)8-10(2)3/h5-6,9-10H,4,7-8H2,1-3H3,(H,14,15)(H,16,17). The fourth-order valence-electron chi connectivity index (χ4n) is 1.41. The first kappa shape index (κ1) is 13.5. The average molecular weight is 235 g/mol. The number of anilines is 2. The van der Waals surface area contributed by atoms with Crippen LogP contribution in [0.5, 0.6) is 0 Å². The summed E-state index contributed by atoms with van der Waals surface area (Å²) in [4.78, 5) is 15.7. The van der Waals surface area contributed by atoms with Crippen molar-refractivity contribution in [2.45, 2.75) is 33.6 Å². The monoisotopic (exact) mass is 235 g/mol. The van der Waals surface area contributed by atoms with Gasteiger partial charge in [-0.25, -0.2) is 4.98 Å². The summed E-state index contributed by atoms with van der Waals surface area (Å²) in [5, 5.41) is 6.01. The van der Waals surface area contributed by atoms with Crippen molar-refractivity contribution in [2.75, 3.05) is 17.2 Å². The van der Waals surface area contributed by atoms with Gasteiger partial charge >= 0.3 is 0 Å². The Morgan fingerprint density at radius 3 is 2.71 bits per heavy atom. The van der Waals surface area contributed by atoms with Gasteiger partial charge in [-0.15, -0.1) is 0 Å². The van der Waals surface area contributed by atoms with Crippen LogP contribution < -0.4 is 10.6 Å². The zero-order chi connectivity index (χ0) is 12.7. The van der Waals surface area contributed by atoms with Gasteiger partial charge in [0.2, 0.25) is 5.91 Å². The molecular weight excluding hydrogens is 214 g/mol. The molecule has 1 aromatic rings. The summed E-state index contributed by atoms with van der Waals surface area (Å²) in [6, 6.07) is 3.74. The quantitative estimate of drug-likeness (QED) is 0.797. The van der Waals surface area contributed by atoms with E-state index in [1.165, 1.54) is 0 Å². The van der Waals surface area contributed by atoms with E-state index in [-0.39, 0.29) is 5.91 Å². The summed E-state index contributed by atoms with van der Waals surface area (Å²) in [6.45, 7) is 7.06. The van der Waals surface area contributed by atoms with Crippen molar-refractivity contribution in [2.24, 2.45) is 5.92 Å². The summed E-state index contributed by atoms with van der Waals surface area (Å²) in [5.41, 5.74) is 0.748. The van der Waals surface area contributed by atoms with E-state index in [2.05, 4.69) is 22.5 Å². The zero-order valence-electron chi connectivity index (χ0n) is 10.8. The van der Waals surface area contributed by atoms with Crippen molar-refractivity contribution in [3.05, 3.63) is 18.3 Å². The average Bonchev–Trinajstić information content (AvgIpc) is 2.27. The molecule has 1 rings (SSSR count). The number of nitrogens with one attached hydrogen (secondary N) is 2. The lowest BCUT2D eigenvalue weighted by atomic mass is 10.1. The SMILES string of the molecule is CCCNc1ccc(NC(=O)CC(C)C)cn1. The molecule has 0 fully saturated rings. The molecule has 2 N–H and O–H groups in total. The summed E-state index contributed by atoms with van der Waals surface area (Å²) in [5.74, 6) is 1.25. The van der Waals surface area contributed by atoms with Crippen LogP contribution >= 0.6 is 0 Å². The normalized spacial score (nSPS) is 10.4. The maximum Gasteiger partial charge on any atom is 0.224 e. The number of carbonyl (C=O) groups excluding carboxylic acids is 1. The lowest BCUT2D eigenvalue weighted by Crippen LogP contribution is -2.14. The molecule has 0 saturated carbocycles. The van der Waals surface area contributed by atoms with Crippen molar-refractivity contribution in [1.29, 1.82) is 0 Å². The number of hydrogen-bond acceptors (Lipinski definition) is 3. The Bertz CT molecular complexity index is 346. The molecule has 17 heavy (non-hydrogen) atoms. The van der Waals surface area contributed by atoms with Crippen LogP contribution in [0.3, 0.4) is 0 Å². The van der Waals surface area contributed by atoms with Gasteiger partial charge in [0.15, 0.2) is 0 Å². The minimum Gasteiger partial charge on any atom is -0.370 e. The van der Waals surface area contributed by atoms with Gasteiger partial charge in [-0.1, -0.05) is 20.8 Å². The van der Waals surface area contributed by atoms with Crippen molar-refractivity contribution < 1.29 is 4.79 Å². The van der Waals surface area contributed by atoms with Crippen molar-refractivity contribution in [1.82, 2.24) is 4.98 Å². The first-order valence-corrected chi connectivity index (χ1v) is 6.11. The fraction of sp³-hybridized carbons (Fsp3) is 0.538. The molecule has 0 bridgehead atoms. The smallest absolute Gasteiger partial charge is 0.224 e. The van der Waals surface area contributed by atoms with E-state index < -0.39 is 0 Å². The molecule has 0 aliphatic rings. The molecule has 0 radical (unpaired) electrons. The maximum atomic E-state index is 11.5. The van der Waals surface area contributed by atoms with Gasteiger partial charge in [0.1, 0.15) is 5.82 Å². The van der Waals surface area contributed by atoms with Crippen LogP contribution in [-0.4, -0.2) is 17.4 Å². The lowest BCUT2D eigenvalue weighted by molar-refractivity contribution is -0.116. The van der Waals surface area contributed by atoms with Gasteiger partial charge in [-0.3, -0.25) is 4.79 Å². The van der Waals surface area contributed by atoms with Crippen molar-refractivity contribution in [3.63, 3.8) is 0 Å². The van der Waals surface area contributed by atoms with Crippen LogP contribution in [0.4, 0.5) is 11.5 Å². The highest BCUT2D eigenvalue weighted by molar-refractivity contribution is 5.90. The molecule has 0 unspecified atom stereocenters. The first-order valence-electron chi connectivity index (χ1n) is 6.11. The van der Waals surface area contributed by atoms with Crippen molar-refractivity contribution >= 4 is 17.4 Å². The molecule has 0 saturated heterocycles. The van der Waals surface area contributed by atoms with Gasteiger partial charge < -0.3 is 10.6 Å². The maximum absolute atomic E-state index is 11.5. The fourth-order valence-corrected chi connectivity index (χ4v) is 1.41. The Hall–Kier alpha value is -1.58. The Morgan fingerprint density at radius 2 is 2.18 bits per heavy atom. The molecule has 1 amide bonds. The van der Waals surface area contributed by atoms with Crippen molar-refractivity contribution in [3.8, 4) is 0 Å². The van der Waals surface area contributed by atoms with E-state index in [9.17, 15) is 4.79 Å². The third kappa shape index (κ3) is 5.33. The molecule has 0 spiro atoms. The largest absolute Gasteiger partial charge is 0.370 e. The Balaban J connectivity index is 2.47. The molecule has 94 valence electrons. The Labute approximate surface area is 103 Å². The highest BCUT2D eigenvalue weighted by Crippen LogP contribution is 2.11. The second-order valence-corrected chi connectivity index (χ2v) is 4.51. The van der Waals surface area contributed by atoms with Crippen LogP contribution in [0.25, 0.3) is 0 Å². The Morgan fingerprint density at radius 1 is 1.41 bits per heavy atom. The molecule has 4 heteroatoms. The van der Waals surface area contributed by atoms with E-state index in [4.69, 9.17) is 0 Å². The van der Waals surface area contributed by atoms with Gasteiger partial charge in [-0.05, 0) is 24.5 Å². The number of nitrogens with zero attached hydrogens (tertiary/aromatic N) is 1. The second-order valence-electron chi connectivity index (χ2n) is 4.51. The van der Waals surface area contributed by atoms with Gasteiger partial charge in [-0.2, -0.15) is 0 Å². The third-order valence-corrected chi connectivity index (χ3v) is 2.20. The van der Waals surface area contributed by atoms with Crippen LogP contribution in [0.15, 0.2) is 18.3 Å². The molecule has 0 aromatic carbocycles. The number of rotatable bonds is 6. The molecule has 0 aliphatic carbocycles. The molecule has 1 aromatic heterocycles. The van der Waals surface area contributed by atoms with E-state index in [1.807, 2.05) is 26.0 Å². The highest BCUT2D eigenvalue weighted by Gasteiger charge is 2.05. The molecule has 4 nitrogen and oxygen atoms in total. The van der Waals surface area contributed by atoms with Gasteiger partial charge in [0.05, 0.1) is 11.9 Å². The summed E-state index contributed by atoms with van der Waals surface area (Å²) in [6.07, 6.45) is 3.28. The summed E-state index contributed by atoms with van der Waals surface area (Å²) >= 11 is 0. The minimum atomic E-state index is 0.0380. The molecular formula is C13H21N3O. The van der Waals surface area contributed by atoms with Crippen LogP contribution in [0.1, 0.15) is 33.6 Å². The lowest BCUT2D eigenvalue weighted by Gasteiger charge is -2.08. The third-order valence-electron chi connectivity index (χ3n) is 2.20. The van der Waals surface area contributed by atoms with Crippen LogP contribution in [0, 0.1) is 5.92 Å². The predicted molar refractivity (Wildman–Crippen MR) is 71.1 cm³/mol. The topological polar surface area (TPSA) is 54.0 Å². The molecule has 0 atom stereocenters. The van der Waals surface area contributed by atoms with Crippen LogP contribution in [0.2, 0.25) is 0 Å². The molecule has 1 heterocycles. The summed E-state index contributed by atoms with van der Waals surface area (Å²) < 4.78 is 0. The number of aromatic nitrogens is 1. The molecule has 0 aliphatic heterocycles. The van der Waals surface area contributed by atoms with Gasteiger partial charge in [0, 0.05) is 13.0 Å². The van der Waals surface area contributed by atoms with E-state index >= 15 is 0 Å². The van der Waals surface area contributed by atoms with E-state index in [1.54, 1.807) is 6.20 Å². The van der Waals surface area contributed by atoms with Crippen LogP contribution in [-0.2, 0) is 4.79 Å². The summed E-state index contributed by atoms with van der Waals surface area (Å²) in [7, 11) is 0. The van der Waals surface area contributed by atoms with E-state index in [0.717, 1.165) is 24.5 Å². The Kier molecular flexibility index (Phi) is 5.46. The number of pyridine rings is 1. The minimum absolute atomic E-state index is 0.0380. The number of carbonyl (C=O) groups is 1. The second kappa shape index (κ2) is 6.89. The van der Waals surface area contributed by atoms with E-state index in [0.29, 0.717) is 12.3 Å². The number of amides is 1. The predicted octanol–water partition coefficient (Wildman–Crippen LogP) is 2.89.